The van der Waals surface area contributed by atoms with E-state index < -0.39 is 97.5 Å². The molecule has 0 rings (SSSR count). The molecule has 5 atom stereocenters. The van der Waals surface area contributed by atoms with Crippen molar-refractivity contribution in [3.8, 4) is 0 Å². The summed E-state index contributed by atoms with van der Waals surface area (Å²) in [6.07, 6.45) is 65.1. The molecule has 0 aromatic carbocycles. The standard InChI is InChI=1S/C79H154O17P2/c1-5-9-13-17-21-25-29-32-35-37-39-42-44-48-52-56-60-64-77(82)90-70-75(96-79(84)66-62-58-54-50-46-43-40-38-36-33-30-26-22-18-14-10-6-2)72-94-98(87,88)92-68-73(80)67-91-97(85,86)93-71-74(69-89-76(81)63-59-55-51-47-28-24-20-16-12-8-4)95-78(83)65-61-57-53-49-45-41-34-31-27-23-19-15-11-7-3/h73-75,80H,5-72H2,1-4H3,(H,85,86)(H,87,88)/t73-,74+,75+/m0/s1. The van der Waals surface area contributed by atoms with Gasteiger partial charge < -0.3 is 33.8 Å². The number of esters is 4. The number of phosphoric ester groups is 2. The SMILES string of the molecule is CCCCCCCCCCCCCCCCCCCC(=O)OC[C@H](COP(=O)(O)OC[C@@H](O)COP(=O)(O)OC[C@@H](COC(=O)CCCCCCCCCCCC)OC(=O)CCCCCCCCCCCCCCCC)OC(=O)CCCCCCCCCCCCCCCCCCC. The molecule has 0 aliphatic heterocycles. The monoisotopic (exact) mass is 1440 g/mol. The fraction of sp³-hybridized carbons (Fsp3) is 0.949. The van der Waals surface area contributed by atoms with E-state index >= 15 is 0 Å². The van der Waals surface area contributed by atoms with Gasteiger partial charge >= 0.3 is 39.5 Å². The Balaban J connectivity index is 5.23. The molecule has 0 amide bonds. The number of phosphoric acid groups is 2. The quantitative estimate of drug-likeness (QED) is 0.0222. The van der Waals surface area contributed by atoms with Crippen LogP contribution in [-0.4, -0.2) is 96.7 Å². The smallest absolute Gasteiger partial charge is 0.462 e. The van der Waals surface area contributed by atoms with Crippen molar-refractivity contribution in [3.63, 3.8) is 0 Å². The minimum absolute atomic E-state index is 0.109. The Labute approximate surface area is 600 Å². The number of hydrogen-bond acceptors (Lipinski definition) is 15. The third-order valence-electron chi connectivity index (χ3n) is 18.6. The van der Waals surface area contributed by atoms with Gasteiger partial charge in [0.15, 0.2) is 12.2 Å². The molecule has 0 saturated carbocycles. The maximum atomic E-state index is 13.1. The maximum Gasteiger partial charge on any atom is 0.472 e. The number of rotatable bonds is 80. The van der Waals surface area contributed by atoms with Gasteiger partial charge in [-0.3, -0.25) is 37.3 Å². The molecule has 0 aliphatic rings. The van der Waals surface area contributed by atoms with Gasteiger partial charge in [-0.2, -0.15) is 0 Å². The summed E-state index contributed by atoms with van der Waals surface area (Å²) >= 11 is 0. The number of aliphatic hydroxyl groups excluding tert-OH is 1. The highest BCUT2D eigenvalue weighted by Crippen LogP contribution is 2.45. The molecule has 19 heteroatoms. The minimum Gasteiger partial charge on any atom is -0.462 e. The number of hydrogen-bond donors (Lipinski definition) is 3. The highest BCUT2D eigenvalue weighted by Gasteiger charge is 2.30. The summed E-state index contributed by atoms with van der Waals surface area (Å²) in [7, 11) is -9.91. The molecule has 0 aromatic heterocycles. The lowest BCUT2D eigenvalue weighted by Gasteiger charge is -2.21. The lowest BCUT2D eigenvalue weighted by Crippen LogP contribution is -2.30. The van der Waals surface area contributed by atoms with E-state index in [1.54, 1.807) is 0 Å². The Kier molecular flexibility index (Phi) is 71.9. The number of ether oxygens (including phenoxy) is 4. The largest absolute Gasteiger partial charge is 0.472 e. The Morgan fingerprint density at radius 2 is 0.408 bits per heavy atom. The first kappa shape index (κ1) is 96.1. The zero-order chi connectivity index (χ0) is 71.8. The van der Waals surface area contributed by atoms with Crippen LogP contribution in [0.3, 0.4) is 0 Å². The van der Waals surface area contributed by atoms with E-state index in [2.05, 4.69) is 27.7 Å². The van der Waals surface area contributed by atoms with Crippen LogP contribution in [0, 0.1) is 0 Å². The van der Waals surface area contributed by atoms with E-state index in [-0.39, 0.29) is 25.7 Å². The van der Waals surface area contributed by atoms with Crippen LogP contribution < -0.4 is 0 Å². The van der Waals surface area contributed by atoms with Gasteiger partial charge in [-0.1, -0.05) is 374 Å². The average molecular weight is 1440 g/mol. The van der Waals surface area contributed by atoms with E-state index in [1.165, 1.54) is 257 Å². The molecule has 17 nitrogen and oxygen atoms in total. The Morgan fingerprint density at radius 1 is 0.245 bits per heavy atom. The van der Waals surface area contributed by atoms with Crippen molar-refractivity contribution in [1.82, 2.24) is 0 Å². The maximum absolute atomic E-state index is 13.1. The molecule has 0 aliphatic carbocycles. The Morgan fingerprint density at radius 3 is 0.602 bits per heavy atom. The van der Waals surface area contributed by atoms with Crippen molar-refractivity contribution in [2.45, 2.75) is 444 Å². The van der Waals surface area contributed by atoms with Gasteiger partial charge in [-0.05, 0) is 25.7 Å². The first-order valence-corrected chi connectivity index (χ1v) is 44.3. The van der Waals surface area contributed by atoms with E-state index in [1.807, 2.05) is 0 Å². The van der Waals surface area contributed by atoms with Crippen LogP contribution in [0.15, 0.2) is 0 Å². The second kappa shape index (κ2) is 73.4. The van der Waals surface area contributed by atoms with E-state index in [9.17, 15) is 43.2 Å². The van der Waals surface area contributed by atoms with Crippen molar-refractivity contribution < 1.29 is 80.2 Å². The van der Waals surface area contributed by atoms with Gasteiger partial charge in [0.25, 0.3) is 0 Å². The summed E-state index contributed by atoms with van der Waals surface area (Å²) in [4.78, 5) is 72.9. The molecule has 2 unspecified atom stereocenters. The lowest BCUT2D eigenvalue weighted by molar-refractivity contribution is -0.161. The number of carbonyl (C=O) groups is 4. The normalized spacial score (nSPS) is 13.8. The molecule has 0 spiro atoms. The highest BCUT2D eigenvalue weighted by atomic mass is 31.2. The first-order valence-electron chi connectivity index (χ1n) is 41.3. The van der Waals surface area contributed by atoms with Crippen LogP contribution in [0.4, 0.5) is 0 Å². The highest BCUT2D eigenvalue weighted by molar-refractivity contribution is 7.47. The van der Waals surface area contributed by atoms with Crippen LogP contribution in [0.1, 0.15) is 426 Å². The van der Waals surface area contributed by atoms with Crippen molar-refractivity contribution in [3.05, 3.63) is 0 Å². The zero-order valence-electron chi connectivity index (χ0n) is 63.8. The fourth-order valence-corrected chi connectivity index (χ4v) is 13.9. The summed E-state index contributed by atoms with van der Waals surface area (Å²) in [5.41, 5.74) is 0. The molecule has 98 heavy (non-hydrogen) atoms. The minimum atomic E-state index is -4.96. The van der Waals surface area contributed by atoms with Gasteiger partial charge in [-0.15, -0.1) is 0 Å². The first-order chi connectivity index (χ1) is 47.7. The Bertz CT molecular complexity index is 1860. The summed E-state index contributed by atoms with van der Waals surface area (Å²) in [5, 5.41) is 10.6. The molecule has 0 aromatic rings. The number of aliphatic hydroxyl groups is 1. The fourth-order valence-electron chi connectivity index (χ4n) is 12.3. The predicted octanol–water partition coefficient (Wildman–Crippen LogP) is 23.8. The van der Waals surface area contributed by atoms with Crippen LogP contribution in [-0.2, 0) is 65.4 Å². The molecule has 582 valence electrons. The average Bonchev–Trinajstić information content (AvgIpc) is 1.77. The molecule has 0 saturated heterocycles. The lowest BCUT2D eigenvalue weighted by atomic mass is 10.0. The van der Waals surface area contributed by atoms with Crippen molar-refractivity contribution >= 4 is 39.5 Å². The van der Waals surface area contributed by atoms with Crippen LogP contribution in [0.2, 0.25) is 0 Å². The van der Waals surface area contributed by atoms with Gasteiger partial charge in [0.05, 0.1) is 26.4 Å². The number of unbranched alkanes of at least 4 members (excludes halogenated alkanes) is 54. The molecule has 3 N–H and O–H groups in total. The summed E-state index contributed by atoms with van der Waals surface area (Å²) in [5.74, 6) is -2.11. The van der Waals surface area contributed by atoms with Gasteiger partial charge in [0.1, 0.15) is 19.3 Å². The molecule has 0 bridgehead atoms. The van der Waals surface area contributed by atoms with E-state index in [0.29, 0.717) is 25.7 Å². The topological polar surface area (TPSA) is 237 Å². The summed E-state index contributed by atoms with van der Waals surface area (Å²) < 4.78 is 68.7. The third-order valence-corrected chi connectivity index (χ3v) is 20.5. The number of carbonyl (C=O) groups excluding carboxylic acids is 4. The van der Waals surface area contributed by atoms with Crippen molar-refractivity contribution in [2.75, 3.05) is 39.6 Å². The molecule has 0 heterocycles. The molecular weight excluding hydrogens is 1280 g/mol. The predicted molar refractivity (Wildman–Crippen MR) is 400 cm³/mol. The van der Waals surface area contributed by atoms with Crippen LogP contribution in [0.25, 0.3) is 0 Å². The zero-order valence-corrected chi connectivity index (χ0v) is 65.6. The van der Waals surface area contributed by atoms with Gasteiger partial charge in [0.2, 0.25) is 0 Å². The third kappa shape index (κ3) is 72.4. The van der Waals surface area contributed by atoms with E-state index in [0.717, 1.165) is 89.9 Å². The van der Waals surface area contributed by atoms with Crippen molar-refractivity contribution in [2.24, 2.45) is 0 Å². The molecular formula is C79H154O17P2. The van der Waals surface area contributed by atoms with Gasteiger partial charge in [0, 0.05) is 25.7 Å². The molecule has 0 radical (unpaired) electrons. The van der Waals surface area contributed by atoms with Crippen LogP contribution in [0.5, 0.6) is 0 Å². The Hall–Kier alpha value is -1.94. The van der Waals surface area contributed by atoms with Gasteiger partial charge in [-0.25, -0.2) is 9.13 Å². The van der Waals surface area contributed by atoms with Crippen LogP contribution >= 0.6 is 15.6 Å². The molecule has 0 fully saturated rings. The van der Waals surface area contributed by atoms with E-state index in [4.69, 9.17) is 37.0 Å². The van der Waals surface area contributed by atoms with Crippen molar-refractivity contribution in [1.29, 1.82) is 0 Å². The second-order valence-electron chi connectivity index (χ2n) is 28.5. The summed E-state index contributed by atoms with van der Waals surface area (Å²) in [6, 6.07) is 0. The summed E-state index contributed by atoms with van der Waals surface area (Å²) in [6.45, 7) is 5.01. The second-order valence-corrected chi connectivity index (χ2v) is 31.4.